The van der Waals surface area contributed by atoms with Crippen LogP contribution in [0, 0.1) is 0 Å². The molecule has 0 aliphatic rings. The van der Waals surface area contributed by atoms with Crippen LogP contribution in [0.25, 0.3) is 52.8 Å². The summed E-state index contributed by atoms with van der Waals surface area (Å²) < 4.78 is 7.45. The molecule has 2 nitrogen and oxygen atoms in total. The van der Waals surface area contributed by atoms with Crippen molar-refractivity contribution >= 4 is 93.1 Å². The lowest BCUT2D eigenvalue weighted by molar-refractivity contribution is 0.112. The maximum Gasteiger partial charge on any atom is 0.160 e. The van der Waals surface area contributed by atoms with Gasteiger partial charge in [-0.2, -0.15) is 0 Å². The molecule has 6 aromatic rings. The Balaban J connectivity index is 1.41. The number of thiophene rings is 3. The zero-order valence-electron chi connectivity index (χ0n) is 16.2. The standard InChI is InChI=1S/C25H17NOS3/c1-2-26-20-6-4-3-5-18(20)19-11-15(8-10-21(19)26)7-9-16-12-22-24(28-16)25-23(30-22)13-17(14-27)29-25/h3-14H,2H2,1H3/b9-7+. The van der Waals surface area contributed by atoms with E-state index in [4.69, 9.17) is 0 Å². The Morgan fingerprint density at radius 2 is 1.53 bits per heavy atom. The summed E-state index contributed by atoms with van der Waals surface area (Å²) in [5.74, 6) is 0. The predicted molar refractivity (Wildman–Crippen MR) is 135 cm³/mol. The molecule has 5 heteroatoms. The third kappa shape index (κ3) is 2.70. The molecule has 0 aliphatic carbocycles. The monoisotopic (exact) mass is 443 g/mol. The summed E-state index contributed by atoms with van der Waals surface area (Å²) in [4.78, 5) is 13.1. The van der Waals surface area contributed by atoms with Gasteiger partial charge >= 0.3 is 0 Å². The Morgan fingerprint density at radius 3 is 2.33 bits per heavy atom. The molecule has 0 amide bonds. The maximum atomic E-state index is 11.1. The molecule has 0 atom stereocenters. The van der Waals surface area contributed by atoms with Gasteiger partial charge in [-0.3, -0.25) is 4.79 Å². The van der Waals surface area contributed by atoms with Crippen molar-refractivity contribution in [3.8, 4) is 0 Å². The van der Waals surface area contributed by atoms with Gasteiger partial charge in [-0.05, 0) is 48.9 Å². The quantitative estimate of drug-likeness (QED) is 0.251. The smallest absolute Gasteiger partial charge is 0.160 e. The van der Waals surface area contributed by atoms with Crippen LogP contribution >= 0.6 is 34.0 Å². The normalized spacial score (nSPS) is 12.3. The average Bonchev–Trinajstić information content (AvgIpc) is 3.50. The fraction of sp³-hybridized carbons (Fsp3) is 0.0800. The molecule has 0 N–H and O–H groups in total. The minimum atomic E-state index is 0.809. The van der Waals surface area contributed by atoms with E-state index in [1.54, 1.807) is 34.0 Å². The van der Waals surface area contributed by atoms with Crippen LogP contribution in [0.2, 0.25) is 0 Å². The van der Waals surface area contributed by atoms with Gasteiger partial charge in [0.1, 0.15) is 0 Å². The third-order valence-corrected chi connectivity index (χ3v) is 9.20. The Hall–Kier alpha value is -2.73. The van der Waals surface area contributed by atoms with Gasteiger partial charge in [0.05, 0.1) is 14.3 Å². The van der Waals surface area contributed by atoms with Crippen LogP contribution in [-0.4, -0.2) is 10.9 Å². The van der Waals surface area contributed by atoms with Crippen LogP contribution < -0.4 is 0 Å². The van der Waals surface area contributed by atoms with Gasteiger partial charge in [0.2, 0.25) is 0 Å². The summed E-state index contributed by atoms with van der Waals surface area (Å²) in [6, 6.07) is 19.6. The van der Waals surface area contributed by atoms with Gasteiger partial charge in [-0.25, -0.2) is 0 Å². The number of fused-ring (bicyclic) bond motifs is 6. The zero-order chi connectivity index (χ0) is 20.2. The number of carbonyl (C=O) groups excluding carboxylic acids is 1. The number of carbonyl (C=O) groups is 1. The lowest BCUT2D eigenvalue weighted by atomic mass is 10.1. The fourth-order valence-electron chi connectivity index (χ4n) is 4.21. The van der Waals surface area contributed by atoms with E-state index in [0.29, 0.717) is 0 Å². The number of aldehydes is 1. The lowest BCUT2D eigenvalue weighted by Gasteiger charge is -2.02. The first-order chi connectivity index (χ1) is 14.7. The number of hydrogen-bond acceptors (Lipinski definition) is 4. The average molecular weight is 444 g/mol. The second kappa shape index (κ2) is 6.91. The minimum absolute atomic E-state index is 0.809. The number of hydrogen-bond donors (Lipinski definition) is 0. The molecule has 0 radical (unpaired) electrons. The number of benzene rings is 2. The molecular formula is C25H17NOS3. The van der Waals surface area contributed by atoms with Crippen molar-refractivity contribution in [2.24, 2.45) is 0 Å². The lowest BCUT2D eigenvalue weighted by Crippen LogP contribution is -1.92. The van der Waals surface area contributed by atoms with Crippen LogP contribution in [0.15, 0.2) is 54.6 Å². The van der Waals surface area contributed by atoms with E-state index in [-0.39, 0.29) is 0 Å². The SMILES string of the molecule is CCn1c2ccccc2c2cc(/C=C/c3cc4sc5cc(C=O)sc5c4s3)ccc21. The summed E-state index contributed by atoms with van der Waals surface area (Å²) in [6.07, 6.45) is 5.36. The van der Waals surface area contributed by atoms with Crippen molar-refractivity contribution in [3.63, 3.8) is 0 Å². The molecule has 30 heavy (non-hydrogen) atoms. The molecular weight excluding hydrogens is 426 g/mol. The largest absolute Gasteiger partial charge is 0.341 e. The topological polar surface area (TPSA) is 22.0 Å². The van der Waals surface area contributed by atoms with Gasteiger partial charge < -0.3 is 4.57 Å². The number of aryl methyl sites for hydroxylation is 1. The molecule has 0 saturated heterocycles. The number of para-hydroxylation sites is 1. The van der Waals surface area contributed by atoms with E-state index < -0.39 is 0 Å². The Bertz CT molecular complexity index is 1610. The first-order valence-corrected chi connectivity index (χ1v) is 12.3. The van der Waals surface area contributed by atoms with E-state index in [2.05, 4.69) is 72.2 Å². The van der Waals surface area contributed by atoms with E-state index in [0.717, 1.165) is 17.7 Å². The van der Waals surface area contributed by atoms with Crippen molar-refractivity contribution in [2.45, 2.75) is 13.5 Å². The van der Waals surface area contributed by atoms with Gasteiger partial charge in [-0.15, -0.1) is 34.0 Å². The summed E-state index contributed by atoms with van der Waals surface area (Å²) in [5.41, 5.74) is 3.80. The van der Waals surface area contributed by atoms with E-state index >= 15 is 0 Å². The molecule has 4 heterocycles. The maximum absolute atomic E-state index is 11.1. The van der Waals surface area contributed by atoms with E-state index in [9.17, 15) is 4.79 Å². The highest BCUT2D eigenvalue weighted by molar-refractivity contribution is 7.39. The molecule has 0 spiro atoms. The number of aromatic nitrogens is 1. The number of nitrogens with zero attached hydrogens (tertiary/aromatic N) is 1. The van der Waals surface area contributed by atoms with Crippen molar-refractivity contribution in [2.75, 3.05) is 0 Å². The summed E-state index contributed by atoms with van der Waals surface area (Å²) in [6.45, 7) is 3.17. The first kappa shape index (κ1) is 18.1. The van der Waals surface area contributed by atoms with Gasteiger partial charge in [-0.1, -0.05) is 30.3 Å². The minimum Gasteiger partial charge on any atom is -0.341 e. The van der Waals surface area contributed by atoms with Crippen molar-refractivity contribution in [1.29, 1.82) is 0 Å². The highest BCUT2D eigenvalue weighted by atomic mass is 32.1. The van der Waals surface area contributed by atoms with Gasteiger partial charge in [0.15, 0.2) is 6.29 Å². The first-order valence-electron chi connectivity index (χ1n) is 9.85. The second-order valence-corrected chi connectivity index (χ2v) is 10.5. The third-order valence-electron chi connectivity index (χ3n) is 5.53. The molecule has 0 bridgehead atoms. The van der Waals surface area contributed by atoms with Crippen LogP contribution in [0.3, 0.4) is 0 Å². The van der Waals surface area contributed by atoms with E-state index in [1.807, 2.05) is 6.07 Å². The molecule has 0 unspecified atom stereocenters. The second-order valence-electron chi connectivity index (χ2n) is 7.28. The molecule has 0 fully saturated rings. The summed E-state index contributed by atoms with van der Waals surface area (Å²) >= 11 is 5.17. The van der Waals surface area contributed by atoms with Crippen LogP contribution in [0.1, 0.15) is 27.0 Å². The molecule has 0 aliphatic heterocycles. The fourth-order valence-corrected chi connectivity index (χ4v) is 7.97. The Kier molecular flexibility index (Phi) is 4.16. The van der Waals surface area contributed by atoms with Crippen molar-refractivity contribution < 1.29 is 4.79 Å². The van der Waals surface area contributed by atoms with Crippen LogP contribution in [0.4, 0.5) is 0 Å². The van der Waals surface area contributed by atoms with Gasteiger partial charge in [0, 0.05) is 42.6 Å². The summed E-state index contributed by atoms with van der Waals surface area (Å²) in [5, 5.41) is 2.62. The Labute approximate surface area is 185 Å². The Morgan fingerprint density at radius 1 is 0.800 bits per heavy atom. The van der Waals surface area contributed by atoms with Gasteiger partial charge in [0.25, 0.3) is 0 Å². The predicted octanol–water partition coefficient (Wildman–Crippen LogP) is 8.29. The van der Waals surface area contributed by atoms with E-state index in [1.165, 1.54) is 51.0 Å². The number of rotatable bonds is 4. The highest BCUT2D eigenvalue weighted by Gasteiger charge is 2.12. The van der Waals surface area contributed by atoms with Crippen LogP contribution in [-0.2, 0) is 6.54 Å². The molecule has 4 aromatic heterocycles. The highest BCUT2D eigenvalue weighted by Crippen LogP contribution is 2.43. The van der Waals surface area contributed by atoms with Crippen molar-refractivity contribution in [1.82, 2.24) is 4.57 Å². The van der Waals surface area contributed by atoms with Crippen LogP contribution in [0.5, 0.6) is 0 Å². The molecule has 146 valence electrons. The molecule has 0 saturated carbocycles. The molecule has 6 rings (SSSR count). The molecule has 2 aromatic carbocycles. The zero-order valence-corrected chi connectivity index (χ0v) is 18.7. The summed E-state index contributed by atoms with van der Waals surface area (Å²) in [7, 11) is 0. The van der Waals surface area contributed by atoms with Crippen molar-refractivity contribution in [3.05, 3.63) is 69.9 Å².